The normalized spacial score (nSPS) is 15.7. The van der Waals surface area contributed by atoms with E-state index < -0.39 is 28.9 Å². The van der Waals surface area contributed by atoms with Crippen LogP contribution in [0.1, 0.15) is 86.6 Å². The molecular formula is C47H58Cl2N4O12. The van der Waals surface area contributed by atoms with Crippen molar-refractivity contribution < 1.29 is 59.2 Å². The van der Waals surface area contributed by atoms with Crippen molar-refractivity contribution in [3.05, 3.63) is 99.1 Å². The van der Waals surface area contributed by atoms with E-state index in [1.165, 1.54) is 18.2 Å². The van der Waals surface area contributed by atoms with Crippen LogP contribution in [0.3, 0.4) is 0 Å². The third-order valence-electron chi connectivity index (χ3n) is 11.0. The summed E-state index contributed by atoms with van der Waals surface area (Å²) in [6.45, 7) is 10.3. The summed E-state index contributed by atoms with van der Waals surface area (Å²) in [5, 5.41) is 71.4. The van der Waals surface area contributed by atoms with Crippen molar-refractivity contribution in [1.29, 1.82) is 0 Å². The number of hydrogen-bond acceptors (Lipinski definition) is 16. The van der Waals surface area contributed by atoms with E-state index in [0.29, 0.717) is 85.4 Å². The lowest BCUT2D eigenvalue weighted by Crippen LogP contribution is -2.46. The molecule has 3 aliphatic rings. The second-order valence-corrected chi connectivity index (χ2v) is 16.4. The van der Waals surface area contributed by atoms with Gasteiger partial charge in [-0.3, -0.25) is 14.4 Å². The second-order valence-electron chi connectivity index (χ2n) is 16.4. The van der Waals surface area contributed by atoms with Crippen LogP contribution in [0.2, 0.25) is 0 Å². The Bertz CT molecular complexity index is 2350. The molecule has 2 aliphatic heterocycles. The fourth-order valence-corrected chi connectivity index (χ4v) is 7.66. The largest absolute Gasteiger partial charge is 0.507 e. The summed E-state index contributed by atoms with van der Waals surface area (Å²) in [5.74, 6) is -0.488. The Balaban J connectivity index is 0.000000276. The van der Waals surface area contributed by atoms with Gasteiger partial charge in [0.15, 0.2) is 5.78 Å². The number of aliphatic hydroxyl groups excluding tert-OH is 3. The zero-order chi connectivity index (χ0) is 45.6. The highest BCUT2D eigenvalue weighted by atomic mass is 35.5. The van der Waals surface area contributed by atoms with Crippen molar-refractivity contribution in [2.24, 2.45) is 0 Å². The molecule has 0 aromatic heterocycles. The number of anilines is 2. The summed E-state index contributed by atoms with van der Waals surface area (Å²) in [6, 6.07) is 12.5. The van der Waals surface area contributed by atoms with Crippen molar-refractivity contribution in [3.63, 3.8) is 0 Å². The molecule has 7 rings (SSSR count). The minimum absolute atomic E-state index is 0. The standard InChI is InChI=1S/C25H28O6.C22H28N4O6.2ClH/c1-24(2)9-8-16-20(30-24)7-6-14(23(16)29-5)11-18(26)17-10-15-12-22(28)25(3,4)31-21(15)13-19(17)27;27-11-9-23-5-7-25-13-1-2-14(26-8-6-24-10-12-28)18-17(13)21(31)19-15(29)3-4-16(30)20(19)22(18)32;;/h6-10,13,22,27-28H,11-12H2,1-5H3;1-4,23-30H,5-12H2;2*1H. The van der Waals surface area contributed by atoms with E-state index in [-0.39, 0.29) is 95.3 Å². The number of benzene rings is 4. The molecule has 1 atom stereocenters. The van der Waals surface area contributed by atoms with Gasteiger partial charge in [0, 0.05) is 75.1 Å². The third kappa shape index (κ3) is 11.4. The van der Waals surface area contributed by atoms with Crippen molar-refractivity contribution in [1.82, 2.24) is 10.6 Å². The summed E-state index contributed by atoms with van der Waals surface area (Å²) in [5.41, 5.74) is 1.90. The van der Waals surface area contributed by atoms with E-state index in [2.05, 4.69) is 21.3 Å². The Hall–Kier alpha value is -5.59. The fourth-order valence-electron chi connectivity index (χ4n) is 7.66. The maximum Gasteiger partial charge on any atom is 0.200 e. The number of Topliss-reactive ketones (excluding diaryl/α,β-unsaturated/α-hetero) is 1. The molecule has 1 unspecified atom stereocenters. The molecule has 0 saturated carbocycles. The predicted molar refractivity (Wildman–Crippen MR) is 252 cm³/mol. The van der Waals surface area contributed by atoms with E-state index in [4.69, 9.17) is 24.4 Å². The average molecular weight is 942 g/mol. The molecule has 0 fully saturated rings. The molecule has 10 N–H and O–H groups in total. The second kappa shape index (κ2) is 22.1. The number of phenols is 3. The first-order valence-electron chi connectivity index (χ1n) is 20.8. The molecular weight excluding hydrogens is 883 g/mol. The van der Waals surface area contributed by atoms with Gasteiger partial charge in [-0.2, -0.15) is 0 Å². The summed E-state index contributed by atoms with van der Waals surface area (Å²) in [7, 11) is 1.56. The number of aliphatic hydroxyl groups is 3. The number of aromatic hydroxyl groups is 3. The number of fused-ring (bicyclic) bond motifs is 4. The zero-order valence-electron chi connectivity index (χ0n) is 36.9. The highest BCUT2D eigenvalue weighted by Gasteiger charge is 2.39. The van der Waals surface area contributed by atoms with Gasteiger partial charge in [-0.25, -0.2) is 0 Å². The number of methoxy groups -OCH3 is 1. The van der Waals surface area contributed by atoms with E-state index in [1.807, 2.05) is 38.1 Å². The molecule has 2 heterocycles. The molecule has 0 radical (unpaired) electrons. The quantitative estimate of drug-likeness (QED) is 0.0363. The molecule has 16 nitrogen and oxygen atoms in total. The van der Waals surface area contributed by atoms with E-state index >= 15 is 0 Å². The van der Waals surface area contributed by atoms with Gasteiger partial charge in [-0.1, -0.05) is 6.07 Å². The molecule has 65 heavy (non-hydrogen) atoms. The summed E-state index contributed by atoms with van der Waals surface area (Å²) in [4.78, 5) is 39.8. The first kappa shape index (κ1) is 52.0. The number of ketones is 3. The maximum atomic E-state index is 13.4. The SMILES string of the molecule is COc1c(CC(=O)c2cc3c(cc2O)OC(C)(C)C(O)C3)ccc2c1C=CC(C)(C)O2.Cl.Cl.O=C1c2c(O)ccc(O)c2C(=O)c2c(NCCNCCO)ccc(NCCNCCO)c21. The number of ether oxygens (including phenoxy) is 3. The molecule has 1 aliphatic carbocycles. The summed E-state index contributed by atoms with van der Waals surface area (Å²) in [6.07, 6.45) is 3.59. The Morgan fingerprint density at radius 3 is 1.80 bits per heavy atom. The zero-order valence-corrected chi connectivity index (χ0v) is 38.5. The van der Waals surface area contributed by atoms with E-state index in [0.717, 1.165) is 5.56 Å². The first-order chi connectivity index (χ1) is 30.0. The number of nitrogens with one attached hydrogen (secondary N) is 4. The molecule has 0 spiro atoms. The lowest BCUT2D eigenvalue weighted by molar-refractivity contribution is -0.0412. The van der Waals surface area contributed by atoms with Crippen LogP contribution in [0, 0.1) is 0 Å². The van der Waals surface area contributed by atoms with E-state index in [1.54, 1.807) is 39.2 Å². The van der Waals surface area contributed by atoms with Crippen LogP contribution >= 0.6 is 24.8 Å². The lowest BCUT2D eigenvalue weighted by atomic mass is 9.81. The number of phenolic OH excluding ortho intramolecular Hbond substituents is 3. The van der Waals surface area contributed by atoms with Crippen LogP contribution in [0.4, 0.5) is 11.4 Å². The van der Waals surface area contributed by atoms with Gasteiger partial charge in [-0.05, 0) is 81.8 Å². The van der Waals surface area contributed by atoms with Crippen LogP contribution in [-0.4, -0.2) is 125 Å². The summed E-state index contributed by atoms with van der Waals surface area (Å²) >= 11 is 0. The Kier molecular flexibility index (Phi) is 17.7. The van der Waals surface area contributed by atoms with Gasteiger partial charge >= 0.3 is 0 Å². The van der Waals surface area contributed by atoms with Crippen molar-refractivity contribution in [3.8, 4) is 34.5 Å². The number of hydrogen-bond donors (Lipinski definition) is 10. The number of carbonyl (C=O) groups excluding carboxylic acids is 3. The number of carbonyl (C=O) groups is 3. The first-order valence-corrected chi connectivity index (χ1v) is 20.8. The molecule has 18 heteroatoms. The van der Waals surface area contributed by atoms with E-state index in [9.17, 15) is 34.8 Å². The van der Waals surface area contributed by atoms with Crippen LogP contribution in [0.5, 0.6) is 34.5 Å². The molecule has 352 valence electrons. The van der Waals surface area contributed by atoms with Crippen LogP contribution in [-0.2, 0) is 12.8 Å². The molecule has 4 aromatic carbocycles. The van der Waals surface area contributed by atoms with Crippen molar-refractivity contribution >= 4 is 59.6 Å². The van der Waals surface area contributed by atoms with Crippen LogP contribution < -0.4 is 35.5 Å². The highest BCUT2D eigenvalue weighted by Crippen LogP contribution is 2.43. The molecule has 4 aromatic rings. The number of halogens is 2. The Morgan fingerprint density at radius 1 is 0.723 bits per heavy atom. The third-order valence-corrected chi connectivity index (χ3v) is 11.0. The van der Waals surface area contributed by atoms with Gasteiger partial charge in [-0.15, -0.1) is 24.8 Å². The van der Waals surface area contributed by atoms with Crippen molar-refractivity contribution in [2.45, 2.75) is 57.8 Å². The van der Waals surface area contributed by atoms with Gasteiger partial charge < -0.3 is 66.1 Å². The molecule has 0 amide bonds. The Morgan fingerprint density at radius 2 is 1.28 bits per heavy atom. The van der Waals surface area contributed by atoms with Gasteiger partial charge in [0.05, 0.1) is 59.8 Å². The minimum atomic E-state index is -0.758. The maximum absolute atomic E-state index is 13.4. The molecule has 0 bridgehead atoms. The monoisotopic (exact) mass is 940 g/mol. The fraction of sp³-hybridized carbons (Fsp3) is 0.383. The van der Waals surface area contributed by atoms with Gasteiger partial charge in [0.1, 0.15) is 45.7 Å². The van der Waals surface area contributed by atoms with Gasteiger partial charge in [0.25, 0.3) is 0 Å². The summed E-state index contributed by atoms with van der Waals surface area (Å²) < 4.78 is 17.4. The minimum Gasteiger partial charge on any atom is -0.507 e. The smallest absolute Gasteiger partial charge is 0.200 e. The molecule has 0 saturated heterocycles. The topological polar surface area (TPSA) is 248 Å². The van der Waals surface area contributed by atoms with Crippen LogP contribution in [0.15, 0.2) is 54.6 Å². The van der Waals surface area contributed by atoms with Crippen LogP contribution in [0.25, 0.3) is 6.08 Å². The Labute approximate surface area is 389 Å². The lowest BCUT2D eigenvalue weighted by Gasteiger charge is -2.37. The average Bonchev–Trinajstić information content (AvgIpc) is 3.23. The number of rotatable bonds is 16. The van der Waals surface area contributed by atoms with Gasteiger partial charge in [0.2, 0.25) is 11.6 Å². The predicted octanol–water partition coefficient (Wildman–Crippen LogP) is 4.79. The van der Waals surface area contributed by atoms with Crippen molar-refractivity contribution in [2.75, 3.05) is 70.2 Å². The highest BCUT2D eigenvalue weighted by molar-refractivity contribution is 6.33.